The average molecular weight is 288 g/mol. The van der Waals surface area contributed by atoms with E-state index in [2.05, 4.69) is 4.98 Å². The van der Waals surface area contributed by atoms with Gasteiger partial charge in [-0.05, 0) is 43.1 Å². The van der Waals surface area contributed by atoms with Gasteiger partial charge < -0.3 is 10.6 Å². The molecule has 2 N–H and O–H groups in total. The van der Waals surface area contributed by atoms with E-state index in [4.69, 9.17) is 5.73 Å². The zero-order valence-corrected chi connectivity index (χ0v) is 11.6. The molecule has 1 fully saturated rings. The lowest BCUT2D eigenvalue weighted by molar-refractivity contribution is 0.0779. The Hall–Kier alpha value is -2.21. The number of amides is 1. The van der Waals surface area contributed by atoms with Crippen LogP contribution < -0.4 is 5.73 Å². The zero-order chi connectivity index (χ0) is 14.8. The number of likely N-dealkylation sites (tertiary alicyclic amines) is 1. The highest BCUT2D eigenvalue weighted by molar-refractivity contribution is 5.93. The molecule has 6 heteroatoms. The molecule has 2 aromatic rings. The maximum absolute atomic E-state index is 13.0. The normalized spacial score (nSPS) is 18.2. The highest BCUT2D eigenvalue weighted by Crippen LogP contribution is 2.19. The number of benzene rings is 1. The lowest BCUT2D eigenvalue weighted by Crippen LogP contribution is -2.31. The number of imidazole rings is 1. The van der Waals surface area contributed by atoms with Gasteiger partial charge in [0, 0.05) is 18.8 Å². The Morgan fingerprint density at radius 1 is 1.38 bits per heavy atom. The molecule has 1 aromatic heterocycles. The van der Waals surface area contributed by atoms with Crippen LogP contribution in [0.2, 0.25) is 0 Å². The summed E-state index contributed by atoms with van der Waals surface area (Å²) >= 11 is 0. The SMILES string of the molecule is NC[C@H]1CCN(C(=O)c2cncn2-c2ccc(F)cc2)C1. The van der Waals surface area contributed by atoms with E-state index in [1.54, 1.807) is 34.1 Å². The number of hydrogen-bond acceptors (Lipinski definition) is 3. The van der Waals surface area contributed by atoms with E-state index in [1.807, 2.05) is 0 Å². The lowest BCUT2D eigenvalue weighted by atomic mass is 10.1. The maximum Gasteiger partial charge on any atom is 0.272 e. The number of aromatic nitrogens is 2. The number of rotatable bonds is 3. The van der Waals surface area contributed by atoms with Crippen molar-refractivity contribution in [2.24, 2.45) is 11.7 Å². The van der Waals surface area contributed by atoms with Gasteiger partial charge in [0.2, 0.25) is 0 Å². The minimum absolute atomic E-state index is 0.0622. The predicted octanol–water partition coefficient (Wildman–Crippen LogP) is 1.43. The van der Waals surface area contributed by atoms with Crippen LogP contribution in [0.25, 0.3) is 5.69 Å². The molecule has 1 aromatic carbocycles. The predicted molar refractivity (Wildman–Crippen MR) is 76.6 cm³/mol. The molecule has 0 bridgehead atoms. The second kappa shape index (κ2) is 5.65. The van der Waals surface area contributed by atoms with Crippen LogP contribution in [0.4, 0.5) is 4.39 Å². The quantitative estimate of drug-likeness (QED) is 0.929. The molecule has 3 rings (SSSR count). The van der Waals surface area contributed by atoms with Gasteiger partial charge in [-0.3, -0.25) is 9.36 Å². The van der Waals surface area contributed by atoms with Gasteiger partial charge in [0.15, 0.2) is 0 Å². The van der Waals surface area contributed by atoms with Crippen molar-refractivity contribution < 1.29 is 9.18 Å². The summed E-state index contributed by atoms with van der Waals surface area (Å²) in [5.74, 6) is 0.000917. The molecule has 21 heavy (non-hydrogen) atoms. The first-order chi connectivity index (χ1) is 10.2. The van der Waals surface area contributed by atoms with Crippen LogP contribution in [0.15, 0.2) is 36.8 Å². The summed E-state index contributed by atoms with van der Waals surface area (Å²) in [7, 11) is 0. The molecule has 0 saturated carbocycles. The third-order valence-corrected chi connectivity index (χ3v) is 3.87. The van der Waals surface area contributed by atoms with Crippen LogP contribution in [-0.2, 0) is 0 Å². The molecule has 0 spiro atoms. The highest BCUT2D eigenvalue weighted by Gasteiger charge is 2.27. The van der Waals surface area contributed by atoms with Gasteiger partial charge in [-0.25, -0.2) is 9.37 Å². The molecule has 110 valence electrons. The minimum Gasteiger partial charge on any atom is -0.337 e. The van der Waals surface area contributed by atoms with E-state index in [-0.39, 0.29) is 11.7 Å². The fraction of sp³-hybridized carbons (Fsp3) is 0.333. The number of carbonyl (C=O) groups is 1. The second-order valence-electron chi connectivity index (χ2n) is 5.27. The van der Waals surface area contributed by atoms with Crippen molar-refractivity contribution in [2.45, 2.75) is 6.42 Å². The number of nitrogens with two attached hydrogens (primary N) is 1. The van der Waals surface area contributed by atoms with Crippen LogP contribution in [0.1, 0.15) is 16.9 Å². The molecule has 0 unspecified atom stereocenters. The third kappa shape index (κ3) is 2.67. The van der Waals surface area contributed by atoms with Gasteiger partial charge in [-0.2, -0.15) is 0 Å². The minimum atomic E-state index is -0.308. The number of halogens is 1. The van der Waals surface area contributed by atoms with E-state index < -0.39 is 0 Å². The summed E-state index contributed by atoms with van der Waals surface area (Å²) in [5.41, 5.74) is 6.86. The van der Waals surface area contributed by atoms with Crippen molar-refractivity contribution in [3.8, 4) is 5.69 Å². The smallest absolute Gasteiger partial charge is 0.272 e. The van der Waals surface area contributed by atoms with E-state index in [0.717, 1.165) is 13.0 Å². The standard InChI is InChI=1S/C15H17FN4O/c16-12-1-3-13(4-2-12)20-10-18-8-14(20)15(21)19-6-5-11(7-17)9-19/h1-4,8,10-11H,5-7,9,17H2/t11-/m1/s1. The molecule has 0 aliphatic carbocycles. The molecular weight excluding hydrogens is 271 g/mol. The monoisotopic (exact) mass is 288 g/mol. The van der Waals surface area contributed by atoms with Crippen LogP contribution in [0, 0.1) is 11.7 Å². The molecule has 2 heterocycles. The molecule has 1 saturated heterocycles. The van der Waals surface area contributed by atoms with Gasteiger partial charge in [0.25, 0.3) is 5.91 Å². The molecule has 1 amide bonds. The Morgan fingerprint density at radius 2 is 2.14 bits per heavy atom. The summed E-state index contributed by atoms with van der Waals surface area (Å²) in [4.78, 5) is 18.4. The Balaban J connectivity index is 1.85. The van der Waals surface area contributed by atoms with Crippen LogP contribution in [-0.4, -0.2) is 40.0 Å². The molecule has 5 nitrogen and oxygen atoms in total. The van der Waals surface area contributed by atoms with Crippen molar-refractivity contribution in [3.63, 3.8) is 0 Å². The van der Waals surface area contributed by atoms with E-state index >= 15 is 0 Å². The number of carbonyl (C=O) groups excluding carboxylic acids is 1. The fourth-order valence-corrected chi connectivity index (χ4v) is 2.63. The zero-order valence-electron chi connectivity index (χ0n) is 11.6. The van der Waals surface area contributed by atoms with Crippen molar-refractivity contribution in [2.75, 3.05) is 19.6 Å². The lowest BCUT2D eigenvalue weighted by Gasteiger charge is -2.17. The first-order valence-corrected chi connectivity index (χ1v) is 6.96. The van der Waals surface area contributed by atoms with Gasteiger partial charge in [-0.15, -0.1) is 0 Å². The Morgan fingerprint density at radius 3 is 2.81 bits per heavy atom. The summed E-state index contributed by atoms with van der Waals surface area (Å²) in [5, 5.41) is 0. The fourth-order valence-electron chi connectivity index (χ4n) is 2.63. The van der Waals surface area contributed by atoms with Crippen molar-refractivity contribution in [1.29, 1.82) is 0 Å². The molecule has 1 aliphatic heterocycles. The Bertz CT molecular complexity index is 637. The highest BCUT2D eigenvalue weighted by atomic mass is 19.1. The van der Waals surface area contributed by atoms with E-state index in [1.165, 1.54) is 12.1 Å². The van der Waals surface area contributed by atoms with E-state index in [0.29, 0.717) is 30.4 Å². The van der Waals surface area contributed by atoms with Gasteiger partial charge in [0.1, 0.15) is 11.5 Å². The average Bonchev–Trinajstić information content (AvgIpc) is 3.16. The first-order valence-electron chi connectivity index (χ1n) is 6.96. The summed E-state index contributed by atoms with van der Waals surface area (Å²) in [6, 6.07) is 5.98. The van der Waals surface area contributed by atoms with Crippen molar-refractivity contribution in [3.05, 3.63) is 48.3 Å². The Kier molecular flexibility index (Phi) is 3.70. The topological polar surface area (TPSA) is 64.2 Å². The number of hydrogen-bond donors (Lipinski definition) is 1. The van der Waals surface area contributed by atoms with Gasteiger partial charge >= 0.3 is 0 Å². The molecule has 1 aliphatic rings. The molecule has 0 radical (unpaired) electrons. The summed E-state index contributed by atoms with van der Waals surface area (Å²) in [6.07, 6.45) is 4.05. The number of nitrogens with zero attached hydrogens (tertiary/aromatic N) is 3. The van der Waals surface area contributed by atoms with Gasteiger partial charge in [0.05, 0.1) is 12.5 Å². The third-order valence-electron chi connectivity index (χ3n) is 3.87. The van der Waals surface area contributed by atoms with Crippen LogP contribution in [0.5, 0.6) is 0 Å². The van der Waals surface area contributed by atoms with E-state index in [9.17, 15) is 9.18 Å². The first kappa shape index (κ1) is 13.8. The van der Waals surface area contributed by atoms with Crippen molar-refractivity contribution in [1.82, 2.24) is 14.5 Å². The largest absolute Gasteiger partial charge is 0.337 e. The summed E-state index contributed by atoms with van der Waals surface area (Å²) < 4.78 is 14.7. The Labute approximate surface area is 122 Å². The summed E-state index contributed by atoms with van der Waals surface area (Å²) in [6.45, 7) is 2.00. The van der Waals surface area contributed by atoms with Crippen LogP contribution in [0.3, 0.4) is 0 Å². The van der Waals surface area contributed by atoms with Gasteiger partial charge in [-0.1, -0.05) is 0 Å². The maximum atomic E-state index is 13.0. The van der Waals surface area contributed by atoms with Crippen LogP contribution >= 0.6 is 0 Å². The second-order valence-corrected chi connectivity index (χ2v) is 5.27. The molecular formula is C15H17FN4O. The molecule has 1 atom stereocenters. The van der Waals surface area contributed by atoms with Crippen molar-refractivity contribution >= 4 is 5.91 Å².